The fourth-order valence-electron chi connectivity index (χ4n) is 1.57. The number of hydrogen-bond acceptors (Lipinski definition) is 3. The van der Waals surface area contributed by atoms with Gasteiger partial charge in [-0.1, -0.05) is 6.07 Å². The van der Waals surface area contributed by atoms with Crippen molar-refractivity contribution in [1.82, 2.24) is 4.98 Å². The van der Waals surface area contributed by atoms with E-state index in [9.17, 15) is 9.90 Å². The molecule has 17 heavy (non-hydrogen) atoms. The molecule has 0 aliphatic rings. The number of carboxylic acids is 1. The Morgan fingerprint density at radius 1 is 1.18 bits per heavy atom. The monoisotopic (exact) mass is 229 g/mol. The smallest absolute Gasteiger partial charge is 0.335 e. The Bertz CT molecular complexity index is 538. The molecule has 4 nitrogen and oxygen atoms in total. The van der Waals surface area contributed by atoms with E-state index in [2.05, 4.69) is 4.98 Å². The molecule has 4 heteroatoms. The summed E-state index contributed by atoms with van der Waals surface area (Å²) in [7, 11) is 0. The third-order valence-corrected chi connectivity index (χ3v) is 2.48. The van der Waals surface area contributed by atoms with Crippen LogP contribution in [0.5, 0.6) is 5.75 Å². The van der Waals surface area contributed by atoms with Crippen molar-refractivity contribution in [1.29, 1.82) is 0 Å². The number of benzene rings is 1. The van der Waals surface area contributed by atoms with Crippen molar-refractivity contribution >= 4 is 5.97 Å². The summed E-state index contributed by atoms with van der Waals surface area (Å²) in [4.78, 5) is 14.6. The molecule has 2 N–H and O–H groups in total. The third-order valence-electron chi connectivity index (χ3n) is 2.48. The topological polar surface area (TPSA) is 70.4 Å². The van der Waals surface area contributed by atoms with Crippen LogP contribution < -0.4 is 0 Å². The lowest BCUT2D eigenvalue weighted by molar-refractivity contribution is 0.0696. The average molecular weight is 229 g/mol. The quantitative estimate of drug-likeness (QED) is 0.845. The largest absolute Gasteiger partial charge is 0.508 e. The van der Waals surface area contributed by atoms with Gasteiger partial charge in [-0.3, -0.25) is 4.98 Å². The normalized spacial score (nSPS) is 10.1. The molecule has 0 bridgehead atoms. The van der Waals surface area contributed by atoms with Crippen molar-refractivity contribution < 1.29 is 15.0 Å². The summed E-state index contributed by atoms with van der Waals surface area (Å²) < 4.78 is 0. The second-order valence-corrected chi connectivity index (χ2v) is 3.68. The summed E-state index contributed by atoms with van der Waals surface area (Å²) in [5.74, 6) is -1.04. The number of carbonyl (C=O) groups is 1. The lowest BCUT2D eigenvalue weighted by Gasteiger charge is -2.05. The highest BCUT2D eigenvalue weighted by Gasteiger charge is 2.07. The van der Waals surface area contributed by atoms with E-state index >= 15 is 0 Å². The maximum Gasteiger partial charge on any atom is 0.335 e. The Hall–Kier alpha value is -2.36. The minimum atomic E-state index is -1.05. The summed E-state index contributed by atoms with van der Waals surface area (Å²) >= 11 is 0. The SMILES string of the molecule is O=C(O)c1ccc(Cc2ccncc2)c(O)c1. The van der Waals surface area contributed by atoms with Crippen LogP contribution in [0.1, 0.15) is 21.5 Å². The highest BCUT2D eigenvalue weighted by molar-refractivity contribution is 5.88. The number of phenolic OH excluding ortho intramolecular Hbond substituents is 1. The van der Waals surface area contributed by atoms with Gasteiger partial charge in [-0.25, -0.2) is 4.79 Å². The van der Waals surface area contributed by atoms with Gasteiger partial charge in [-0.2, -0.15) is 0 Å². The van der Waals surface area contributed by atoms with Crippen molar-refractivity contribution in [2.45, 2.75) is 6.42 Å². The van der Waals surface area contributed by atoms with Crippen LogP contribution in [0, 0.1) is 0 Å². The van der Waals surface area contributed by atoms with Crippen LogP contribution in [0.15, 0.2) is 42.7 Å². The van der Waals surface area contributed by atoms with Crippen LogP contribution in [-0.4, -0.2) is 21.2 Å². The number of aromatic nitrogens is 1. The second-order valence-electron chi connectivity index (χ2n) is 3.68. The van der Waals surface area contributed by atoms with E-state index < -0.39 is 5.97 Å². The zero-order valence-electron chi connectivity index (χ0n) is 9.00. The summed E-state index contributed by atoms with van der Waals surface area (Å²) in [6.07, 6.45) is 3.91. The van der Waals surface area contributed by atoms with Crippen LogP contribution >= 0.6 is 0 Å². The second kappa shape index (κ2) is 4.65. The van der Waals surface area contributed by atoms with Gasteiger partial charge in [-0.15, -0.1) is 0 Å². The van der Waals surface area contributed by atoms with Crippen molar-refractivity contribution in [2.75, 3.05) is 0 Å². The Morgan fingerprint density at radius 2 is 1.88 bits per heavy atom. The molecule has 0 unspecified atom stereocenters. The summed E-state index contributed by atoms with van der Waals surface area (Å²) in [5, 5.41) is 18.5. The van der Waals surface area contributed by atoms with Crippen LogP contribution in [0.4, 0.5) is 0 Å². The number of carboxylic acid groups (broad SMARTS) is 1. The number of pyridine rings is 1. The van der Waals surface area contributed by atoms with Crippen molar-refractivity contribution in [3.63, 3.8) is 0 Å². The minimum Gasteiger partial charge on any atom is -0.508 e. The molecular formula is C13H11NO3. The van der Waals surface area contributed by atoms with Gasteiger partial charge in [0.05, 0.1) is 5.56 Å². The lowest BCUT2D eigenvalue weighted by atomic mass is 10.0. The number of aromatic carboxylic acids is 1. The van der Waals surface area contributed by atoms with E-state index in [0.29, 0.717) is 12.0 Å². The maximum atomic E-state index is 10.7. The molecule has 0 radical (unpaired) electrons. The molecule has 2 rings (SSSR count). The van der Waals surface area contributed by atoms with E-state index in [4.69, 9.17) is 5.11 Å². The van der Waals surface area contributed by atoms with Gasteiger partial charge < -0.3 is 10.2 Å². The summed E-state index contributed by atoms with van der Waals surface area (Å²) in [5.41, 5.74) is 1.79. The zero-order chi connectivity index (χ0) is 12.3. The molecule has 0 aliphatic heterocycles. The molecule has 1 aromatic carbocycles. The van der Waals surface area contributed by atoms with Gasteiger partial charge >= 0.3 is 5.97 Å². The molecule has 0 saturated carbocycles. The first-order chi connectivity index (χ1) is 8.16. The Labute approximate surface area is 98.2 Å². The number of rotatable bonds is 3. The van der Waals surface area contributed by atoms with Crippen molar-refractivity contribution in [2.24, 2.45) is 0 Å². The number of phenols is 1. The van der Waals surface area contributed by atoms with Gasteiger partial charge in [0.25, 0.3) is 0 Å². The van der Waals surface area contributed by atoms with Crippen molar-refractivity contribution in [3.05, 3.63) is 59.4 Å². The highest BCUT2D eigenvalue weighted by Crippen LogP contribution is 2.21. The van der Waals surface area contributed by atoms with E-state index in [1.807, 2.05) is 12.1 Å². The molecule has 0 spiro atoms. The predicted molar refractivity (Wildman–Crippen MR) is 62.1 cm³/mol. The van der Waals surface area contributed by atoms with Crippen LogP contribution in [0.2, 0.25) is 0 Å². The third kappa shape index (κ3) is 2.60. The fraction of sp³-hybridized carbons (Fsp3) is 0.0769. The van der Waals surface area contributed by atoms with Gasteiger partial charge in [0.2, 0.25) is 0 Å². The number of nitrogens with zero attached hydrogens (tertiary/aromatic N) is 1. The summed E-state index contributed by atoms with van der Waals surface area (Å²) in [6.45, 7) is 0. The first kappa shape index (κ1) is 11.1. The average Bonchev–Trinajstić information content (AvgIpc) is 2.33. The molecule has 0 aliphatic carbocycles. The molecule has 1 heterocycles. The van der Waals surface area contributed by atoms with Gasteiger partial charge in [0.1, 0.15) is 5.75 Å². The van der Waals surface area contributed by atoms with E-state index in [1.165, 1.54) is 12.1 Å². The standard InChI is InChI=1S/C13H11NO3/c15-12-8-11(13(16)17)2-1-10(12)7-9-3-5-14-6-4-9/h1-6,8,15H,7H2,(H,16,17). The maximum absolute atomic E-state index is 10.7. The first-order valence-electron chi connectivity index (χ1n) is 5.11. The molecule has 2 aromatic rings. The molecule has 0 fully saturated rings. The van der Waals surface area contributed by atoms with Gasteiger partial charge in [0.15, 0.2) is 0 Å². The van der Waals surface area contributed by atoms with Gasteiger partial charge in [0, 0.05) is 18.8 Å². The van der Waals surface area contributed by atoms with Crippen LogP contribution in [-0.2, 0) is 6.42 Å². The molecule has 0 saturated heterocycles. The van der Waals surface area contributed by atoms with E-state index in [1.54, 1.807) is 18.5 Å². The minimum absolute atomic E-state index is 0.00159. The zero-order valence-corrected chi connectivity index (χ0v) is 9.00. The van der Waals surface area contributed by atoms with E-state index in [-0.39, 0.29) is 11.3 Å². The highest BCUT2D eigenvalue weighted by atomic mass is 16.4. The summed E-state index contributed by atoms with van der Waals surface area (Å²) in [6, 6.07) is 8.08. The predicted octanol–water partition coefficient (Wildman–Crippen LogP) is 2.08. The Kier molecular flexibility index (Phi) is 3.05. The molecule has 86 valence electrons. The number of hydrogen-bond donors (Lipinski definition) is 2. The van der Waals surface area contributed by atoms with Crippen LogP contribution in [0.3, 0.4) is 0 Å². The first-order valence-corrected chi connectivity index (χ1v) is 5.11. The van der Waals surface area contributed by atoms with E-state index in [0.717, 1.165) is 5.56 Å². The molecule has 1 aromatic heterocycles. The Balaban J connectivity index is 2.26. The molecule has 0 amide bonds. The van der Waals surface area contributed by atoms with Crippen LogP contribution in [0.25, 0.3) is 0 Å². The Morgan fingerprint density at radius 3 is 2.47 bits per heavy atom. The fourth-order valence-corrected chi connectivity index (χ4v) is 1.57. The van der Waals surface area contributed by atoms with Gasteiger partial charge in [-0.05, 0) is 35.4 Å². The molecule has 0 atom stereocenters. The lowest BCUT2D eigenvalue weighted by Crippen LogP contribution is -1.97. The van der Waals surface area contributed by atoms with Crippen molar-refractivity contribution in [3.8, 4) is 5.75 Å². The molecular weight excluding hydrogens is 218 g/mol. The number of aromatic hydroxyl groups is 1.